The highest BCUT2D eigenvalue weighted by atomic mass is 35.5. The third kappa shape index (κ3) is 2.87. The molecular formula is C15H19ClN2O3S. The number of benzene rings is 1. The molecule has 2 fully saturated rings. The Labute approximate surface area is 135 Å². The number of hydrogen-bond donors (Lipinski definition) is 0. The van der Waals surface area contributed by atoms with Crippen LogP contribution in [0.25, 0.3) is 0 Å². The summed E-state index contributed by atoms with van der Waals surface area (Å²) in [7, 11) is -3.65. The van der Waals surface area contributed by atoms with Crippen LogP contribution in [-0.2, 0) is 14.8 Å². The standard InChI is InChI=1S/C15H19ClN2O3S/c16-12-5-7-13(8-6-12)22(20,21)18-11-3-4-14(18)15(19)17-9-1-2-10-17/h5-8,14H,1-4,9-11H2/t14-/m0/s1. The Balaban J connectivity index is 1.85. The molecule has 1 aromatic carbocycles. The molecule has 2 aliphatic heterocycles. The molecule has 2 heterocycles. The maximum Gasteiger partial charge on any atom is 0.243 e. The van der Waals surface area contributed by atoms with Gasteiger partial charge in [0.25, 0.3) is 0 Å². The van der Waals surface area contributed by atoms with Crippen LogP contribution in [0, 0.1) is 0 Å². The minimum absolute atomic E-state index is 0.0486. The summed E-state index contributed by atoms with van der Waals surface area (Å²) in [6.07, 6.45) is 3.32. The van der Waals surface area contributed by atoms with E-state index in [1.54, 1.807) is 17.0 Å². The number of carbonyl (C=O) groups is 1. The Kier molecular flexibility index (Phi) is 4.43. The first kappa shape index (κ1) is 15.8. The fourth-order valence-corrected chi connectivity index (χ4v) is 4.94. The average Bonchev–Trinajstić information content (AvgIpc) is 3.19. The molecule has 0 bridgehead atoms. The molecule has 0 N–H and O–H groups in total. The molecule has 0 saturated carbocycles. The number of nitrogens with zero attached hydrogens (tertiary/aromatic N) is 2. The lowest BCUT2D eigenvalue weighted by molar-refractivity contribution is -0.133. The molecule has 120 valence electrons. The molecule has 22 heavy (non-hydrogen) atoms. The van der Waals surface area contributed by atoms with E-state index in [0.29, 0.717) is 18.0 Å². The smallest absolute Gasteiger partial charge is 0.243 e. The Hall–Kier alpha value is -1.11. The van der Waals surface area contributed by atoms with Gasteiger partial charge in [-0.05, 0) is 49.9 Å². The van der Waals surface area contributed by atoms with Crippen molar-refractivity contribution in [2.45, 2.75) is 36.6 Å². The van der Waals surface area contributed by atoms with Crippen molar-refractivity contribution in [3.05, 3.63) is 29.3 Å². The minimum atomic E-state index is -3.65. The van der Waals surface area contributed by atoms with Crippen LogP contribution in [-0.4, -0.2) is 49.2 Å². The maximum atomic E-state index is 12.8. The predicted octanol–water partition coefficient (Wildman–Crippen LogP) is 2.12. The lowest BCUT2D eigenvalue weighted by Crippen LogP contribution is -2.46. The third-order valence-corrected chi connectivity index (χ3v) is 6.50. The van der Waals surface area contributed by atoms with Gasteiger partial charge in [0, 0.05) is 24.7 Å². The van der Waals surface area contributed by atoms with Crippen molar-refractivity contribution in [1.82, 2.24) is 9.21 Å². The minimum Gasteiger partial charge on any atom is -0.341 e. The van der Waals surface area contributed by atoms with Crippen molar-refractivity contribution in [3.8, 4) is 0 Å². The zero-order valence-corrected chi connectivity index (χ0v) is 13.8. The molecule has 1 aromatic rings. The second kappa shape index (κ2) is 6.18. The fourth-order valence-electron chi connectivity index (χ4n) is 3.16. The summed E-state index contributed by atoms with van der Waals surface area (Å²) in [5.41, 5.74) is 0. The first-order chi connectivity index (χ1) is 10.5. The predicted molar refractivity (Wildman–Crippen MR) is 84.2 cm³/mol. The van der Waals surface area contributed by atoms with Crippen molar-refractivity contribution >= 4 is 27.5 Å². The van der Waals surface area contributed by atoms with Crippen molar-refractivity contribution < 1.29 is 13.2 Å². The van der Waals surface area contributed by atoms with Crippen LogP contribution >= 0.6 is 11.6 Å². The number of likely N-dealkylation sites (tertiary alicyclic amines) is 1. The van der Waals surface area contributed by atoms with Gasteiger partial charge in [-0.1, -0.05) is 11.6 Å². The molecule has 0 radical (unpaired) electrons. The lowest BCUT2D eigenvalue weighted by Gasteiger charge is -2.27. The molecule has 1 atom stereocenters. The zero-order chi connectivity index (χ0) is 15.7. The van der Waals surface area contributed by atoms with Gasteiger partial charge in [0.2, 0.25) is 15.9 Å². The van der Waals surface area contributed by atoms with Crippen LogP contribution in [0.5, 0.6) is 0 Å². The molecule has 1 amide bonds. The fraction of sp³-hybridized carbons (Fsp3) is 0.533. The van der Waals surface area contributed by atoms with Crippen molar-refractivity contribution in [1.29, 1.82) is 0 Å². The molecule has 2 aliphatic rings. The van der Waals surface area contributed by atoms with E-state index in [0.717, 1.165) is 32.4 Å². The average molecular weight is 343 g/mol. The summed E-state index contributed by atoms with van der Waals surface area (Å²) in [5.74, 6) is -0.0486. The molecule has 2 saturated heterocycles. The highest BCUT2D eigenvalue weighted by Gasteiger charge is 2.41. The van der Waals surface area contributed by atoms with Crippen molar-refractivity contribution in [3.63, 3.8) is 0 Å². The monoisotopic (exact) mass is 342 g/mol. The molecule has 7 heteroatoms. The number of rotatable bonds is 3. The molecule has 0 spiro atoms. The van der Waals surface area contributed by atoms with E-state index in [1.165, 1.54) is 16.4 Å². The van der Waals surface area contributed by atoms with Gasteiger partial charge in [-0.2, -0.15) is 4.31 Å². The largest absolute Gasteiger partial charge is 0.341 e. The van der Waals surface area contributed by atoms with Gasteiger partial charge in [0.1, 0.15) is 6.04 Å². The van der Waals surface area contributed by atoms with Gasteiger partial charge in [0.15, 0.2) is 0 Å². The van der Waals surface area contributed by atoms with Crippen LogP contribution < -0.4 is 0 Å². The third-order valence-electron chi connectivity index (χ3n) is 4.33. The second-order valence-electron chi connectivity index (χ2n) is 5.76. The number of sulfonamides is 1. The summed E-state index contributed by atoms with van der Waals surface area (Å²) < 4.78 is 26.9. The SMILES string of the molecule is O=C([C@@H]1CCCN1S(=O)(=O)c1ccc(Cl)cc1)N1CCCC1. The molecular weight excluding hydrogens is 324 g/mol. The van der Waals surface area contributed by atoms with E-state index in [9.17, 15) is 13.2 Å². The lowest BCUT2D eigenvalue weighted by atomic mass is 10.2. The quantitative estimate of drug-likeness (QED) is 0.845. The Morgan fingerprint density at radius 2 is 1.68 bits per heavy atom. The molecule has 3 rings (SSSR count). The highest BCUT2D eigenvalue weighted by Crippen LogP contribution is 2.28. The van der Waals surface area contributed by atoms with Crippen LogP contribution in [0.4, 0.5) is 0 Å². The van der Waals surface area contributed by atoms with Gasteiger partial charge < -0.3 is 4.90 Å². The van der Waals surface area contributed by atoms with E-state index in [1.807, 2.05) is 0 Å². The first-order valence-electron chi connectivity index (χ1n) is 7.56. The Bertz CT molecular complexity index is 654. The van der Waals surface area contributed by atoms with Gasteiger partial charge >= 0.3 is 0 Å². The van der Waals surface area contributed by atoms with Gasteiger partial charge in [0.05, 0.1) is 4.90 Å². The number of carbonyl (C=O) groups excluding carboxylic acids is 1. The van der Waals surface area contributed by atoms with Gasteiger partial charge in [-0.3, -0.25) is 4.79 Å². The summed E-state index contributed by atoms with van der Waals surface area (Å²) >= 11 is 5.82. The summed E-state index contributed by atoms with van der Waals surface area (Å²) in [6, 6.07) is 5.54. The Morgan fingerprint density at radius 3 is 2.32 bits per heavy atom. The molecule has 5 nitrogen and oxygen atoms in total. The van der Waals surface area contributed by atoms with E-state index in [4.69, 9.17) is 11.6 Å². The summed E-state index contributed by atoms with van der Waals surface area (Å²) in [4.78, 5) is 14.6. The number of hydrogen-bond acceptors (Lipinski definition) is 3. The van der Waals surface area contributed by atoms with E-state index in [2.05, 4.69) is 0 Å². The van der Waals surface area contributed by atoms with Gasteiger partial charge in [-0.25, -0.2) is 8.42 Å². The van der Waals surface area contributed by atoms with Crippen LogP contribution in [0.2, 0.25) is 5.02 Å². The topological polar surface area (TPSA) is 57.7 Å². The first-order valence-corrected chi connectivity index (χ1v) is 9.38. The summed E-state index contributed by atoms with van der Waals surface area (Å²) in [5, 5.41) is 0.491. The number of amides is 1. The van der Waals surface area contributed by atoms with Crippen molar-refractivity contribution in [2.75, 3.05) is 19.6 Å². The van der Waals surface area contributed by atoms with Crippen molar-refractivity contribution in [2.24, 2.45) is 0 Å². The maximum absolute atomic E-state index is 12.8. The summed E-state index contributed by atoms with van der Waals surface area (Å²) in [6.45, 7) is 1.88. The normalized spacial score (nSPS) is 23.1. The van der Waals surface area contributed by atoms with Crippen LogP contribution in [0.3, 0.4) is 0 Å². The molecule has 0 unspecified atom stereocenters. The van der Waals surface area contributed by atoms with Crippen LogP contribution in [0.1, 0.15) is 25.7 Å². The van der Waals surface area contributed by atoms with E-state index >= 15 is 0 Å². The highest BCUT2D eigenvalue weighted by molar-refractivity contribution is 7.89. The number of halogens is 1. The molecule has 0 aromatic heterocycles. The van der Waals surface area contributed by atoms with E-state index in [-0.39, 0.29) is 10.8 Å². The zero-order valence-electron chi connectivity index (χ0n) is 12.2. The molecule has 0 aliphatic carbocycles. The second-order valence-corrected chi connectivity index (χ2v) is 8.09. The van der Waals surface area contributed by atoms with Gasteiger partial charge in [-0.15, -0.1) is 0 Å². The Morgan fingerprint density at radius 1 is 1.05 bits per heavy atom. The van der Waals surface area contributed by atoms with E-state index < -0.39 is 16.1 Å². The van der Waals surface area contributed by atoms with Crippen LogP contribution in [0.15, 0.2) is 29.2 Å².